The third-order valence-corrected chi connectivity index (χ3v) is 3.99. The molecule has 0 unspecified atom stereocenters. The molecule has 118 valence electrons. The van der Waals surface area contributed by atoms with E-state index in [1.807, 2.05) is 6.92 Å². The first-order valence-corrected chi connectivity index (χ1v) is 7.67. The molecule has 1 aromatic heterocycles. The van der Waals surface area contributed by atoms with Crippen LogP contribution in [0.4, 0.5) is 11.6 Å². The zero-order valence-electron chi connectivity index (χ0n) is 13.2. The standard InChI is InChI=1S/C15H27N5O/c1-10-12(17-9-15(2,3)7-4-8-21)18-14(11-5-6-11)19-13(10)20-16/h11,21H,4-9,16H2,1-3H3,(H2,17,18,19,20). The summed E-state index contributed by atoms with van der Waals surface area (Å²) >= 11 is 0. The van der Waals surface area contributed by atoms with E-state index >= 15 is 0 Å². The molecule has 1 aliphatic rings. The molecule has 0 spiro atoms. The Morgan fingerprint density at radius 2 is 1.95 bits per heavy atom. The maximum absolute atomic E-state index is 8.97. The number of aromatic nitrogens is 2. The van der Waals surface area contributed by atoms with Crippen molar-refractivity contribution < 1.29 is 5.11 Å². The Morgan fingerprint density at radius 1 is 1.29 bits per heavy atom. The summed E-state index contributed by atoms with van der Waals surface area (Å²) < 4.78 is 0. The largest absolute Gasteiger partial charge is 0.396 e. The molecule has 1 fully saturated rings. The van der Waals surface area contributed by atoms with Gasteiger partial charge in [0.2, 0.25) is 0 Å². The summed E-state index contributed by atoms with van der Waals surface area (Å²) in [5.41, 5.74) is 3.72. The SMILES string of the molecule is Cc1c(NN)nc(C2CC2)nc1NCC(C)(C)CCCO. The van der Waals surface area contributed by atoms with Crippen LogP contribution in [0.5, 0.6) is 0 Å². The van der Waals surface area contributed by atoms with E-state index in [0.717, 1.165) is 49.4 Å². The van der Waals surface area contributed by atoms with E-state index in [2.05, 4.69) is 34.6 Å². The van der Waals surface area contributed by atoms with Gasteiger partial charge in [0.25, 0.3) is 0 Å². The molecule has 6 nitrogen and oxygen atoms in total. The molecule has 5 N–H and O–H groups in total. The van der Waals surface area contributed by atoms with Crippen molar-refractivity contribution in [1.29, 1.82) is 0 Å². The average molecular weight is 293 g/mol. The summed E-state index contributed by atoms with van der Waals surface area (Å²) in [6, 6.07) is 0. The lowest BCUT2D eigenvalue weighted by molar-refractivity contribution is 0.248. The molecule has 0 atom stereocenters. The zero-order chi connectivity index (χ0) is 15.5. The number of hydrogen-bond donors (Lipinski definition) is 4. The van der Waals surface area contributed by atoms with Gasteiger partial charge in [-0.05, 0) is 38.0 Å². The second-order valence-electron chi connectivity index (χ2n) is 6.67. The number of nitrogen functional groups attached to an aromatic ring is 1. The summed E-state index contributed by atoms with van der Waals surface area (Å²) in [7, 11) is 0. The Hall–Kier alpha value is -1.40. The second-order valence-corrected chi connectivity index (χ2v) is 6.67. The van der Waals surface area contributed by atoms with Gasteiger partial charge in [0.05, 0.1) is 0 Å². The topological polar surface area (TPSA) is 96.1 Å². The van der Waals surface area contributed by atoms with Crippen LogP contribution in [0, 0.1) is 12.3 Å². The number of hydrogen-bond acceptors (Lipinski definition) is 6. The van der Waals surface area contributed by atoms with E-state index in [4.69, 9.17) is 10.9 Å². The first kappa shape index (κ1) is 16.0. The van der Waals surface area contributed by atoms with Crippen molar-refractivity contribution in [1.82, 2.24) is 9.97 Å². The minimum absolute atomic E-state index is 0.107. The summed E-state index contributed by atoms with van der Waals surface area (Å²) in [6.07, 6.45) is 4.11. The van der Waals surface area contributed by atoms with Gasteiger partial charge in [0.15, 0.2) is 0 Å². The average Bonchev–Trinajstić information content (AvgIpc) is 3.29. The highest BCUT2D eigenvalue weighted by molar-refractivity contribution is 5.57. The molecule has 1 saturated carbocycles. The quantitative estimate of drug-likeness (QED) is 0.433. The Morgan fingerprint density at radius 3 is 2.52 bits per heavy atom. The molecule has 0 saturated heterocycles. The summed E-state index contributed by atoms with van der Waals surface area (Å²) in [5.74, 6) is 8.48. The van der Waals surface area contributed by atoms with Crippen molar-refractivity contribution in [2.45, 2.75) is 52.4 Å². The number of nitrogens with one attached hydrogen (secondary N) is 2. The number of aliphatic hydroxyl groups is 1. The monoisotopic (exact) mass is 293 g/mol. The molecule has 1 aliphatic carbocycles. The highest BCUT2D eigenvalue weighted by Gasteiger charge is 2.28. The molecular formula is C15H27N5O. The van der Waals surface area contributed by atoms with Crippen LogP contribution in [-0.4, -0.2) is 28.2 Å². The molecular weight excluding hydrogens is 266 g/mol. The van der Waals surface area contributed by atoms with Crippen LogP contribution in [0.2, 0.25) is 0 Å². The highest BCUT2D eigenvalue weighted by Crippen LogP contribution is 2.39. The van der Waals surface area contributed by atoms with Crippen molar-refractivity contribution in [3.63, 3.8) is 0 Å². The maximum atomic E-state index is 8.97. The summed E-state index contributed by atoms with van der Waals surface area (Å²) in [5, 5.41) is 12.4. The normalized spacial score (nSPS) is 15.1. The fourth-order valence-corrected chi connectivity index (χ4v) is 2.34. The lowest BCUT2D eigenvalue weighted by Crippen LogP contribution is -2.25. The van der Waals surface area contributed by atoms with Crippen LogP contribution in [0.3, 0.4) is 0 Å². The Kier molecular flexibility index (Phi) is 5.00. The Labute approximate surface area is 126 Å². The molecule has 0 amide bonds. The van der Waals surface area contributed by atoms with Crippen LogP contribution in [0.1, 0.15) is 56.8 Å². The van der Waals surface area contributed by atoms with Gasteiger partial charge in [-0.2, -0.15) is 0 Å². The van der Waals surface area contributed by atoms with E-state index in [1.165, 1.54) is 0 Å². The number of nitrogens with two attached hydrogens (primary N) is 1. The number of rotatable bonds is 8. The predicted molar refractivity (Wildman–Crippen MR) is 85.1 cm³/mol. The fraction of sp³-hybridized carbons (Fsp3) is 0.733. The Balaban J connectivity index is 2.09. The van der Waals surface area contributed by atoms with Crippen molar-refractivity contribution in [3.05, 3.63) is 11.4 Å². The number of anilines is 2. The zero-order valence-corrected chi connectivity index (χ0v) is 13.2. The molecule has 1 aromatic rings. The molecule has 2 rings (SSSR count). The highest BCUT2D eigenvalue weighted by atomic mass is 16.2. The number of hydrazine groups is 1. The van der Waals surface area contributed by atoms with Gasteiger partial charge in [0.1, 0.15) is 17.5 Å². The van der Waals surface area contributed by atoms with Gasteiger partial charge >= 0.3 is 0 Å². The van der Waals surface area contributed by atoms with Gasteiger partial charge in [-0.15, -0.1) is 0 Å². The van der Waals surface area contributed by atoms with E-state index in [1.54, 1.807) is 0 Å². The van der Waals surface area contributed by atoms with E-state index < -0.39 is 0 Å². The first-order chi connectivity index (χ1) is 9.96. The second kappa shape index (κ2) is 6.58. The van der Waals surface area contributed by atoms with Gasteiger partial charge in [-0.25, -0.2) is 15.8 Å². The minimum Gasteiger partial charge on any atom is -0.396 e. The third kappa shape index (κ3) is 4.28. The molecule has 0 radical (unpaired) electrons. The van der Waals surface area contributed by atoms with Gasteiger partial charge in [-0.3, -0.25) is 0 Å². The lowest BCUT2D eigenvalue weighted by Gasteiger charge is -2.25. The van der Waals surface area contributed by atoms with Gasteiger partial charge in [0, 0.05) is 24.6 Å². The molecule has 0 bridgehead atoms. The maximum Gasteiger partial charge on any atom is 0.148 e. The van der Waals surface area contributed by atoms with E-state index in [9.17, 15) is 0 Å². The van der Waals surface area contributed by atoms with E-state index in [0.29, 0.717) is 11.7 Å². The van der Waals surface area contributed by atoms with Crippen LogP contribution < -0.4 is 16.6 Å². The van der Waals surface area contributed by atoms with Crippen LogP contribution >= 0.6 is 0 Å². The molecule has 21 heavy (non-hydrogen) atoms. The molecule has 6 heteroatoms. The number of aliphatic hydroxyl groups excluding tert-OH is 1. The lowest BCUT2D eigenvalue weighted by atomic mass is 9.88. The summed E-state index contributed by atoms with van der Waals surface area (Å²) in [4.78, 5) is 9.15. The molecule has 1 heterocycles. The van der Waals surface area contributed by atoms with Crippen molar-refractivity contribution in [2.24, 2.45) is 11.3 Å². The third-order valence-electron chi connectivity index (χ3n) is 3.99. The smallest absolute Gasteiger partial charge is 0.148 e. The fourth-order valence-electron chi connectivity index (χ4n) is 2.34. The van der Waals surface area contributed by atoms with Crippen molar-refractivity contribution in [2.75, 3.05) is 23.9 Å². The Bertz CT molecular complexity index is 485. The van der Waals surface area contributed by atoms with Crippen LogP contribution in [0.15, 0.2) is 0 Å². The van der Waals surface area contributed by atoms with Crippen molar-refractivity contribution >= 4 is 11.6 Å². The summed E-state index contributed by atoms with van der Waals surface area (Å²) in [6.45, 7) is 7.39. The van der Waals surface area contributed by atoms with Gasteiger partial charge in [-0.1, -0.05) is 13.8 Å². The predicted octanol–water partition coefficient (Wildman–Crippen LogP) is 2.16. The van der Waals surface area contributed by atoms with Crippen molar-refractivity contribution in [3.8, 4) is 0 Å². The van der Waals surface area contributed by atoms with Crippen LogP contribution in [-0.2, 0) is 0 Å². The first-order valence-electron chi connectivity index (χ1n) is 7.67. The van der Waals surface area contributed by atoms with Crippen LogP contribution in [0.25, 0.3) is 0 Å². The molecule has 0 aliphatic heterocycles. The minimum atomic E-state index is 0.107. The number of nitrogens with zero attached hydrogens (tertiary/aromatic N) is 2. The van der Waals surface area contributed by atoms with Gasteiger partial charge < -0.3 is 15.8 Å². The van der Waals surface area contributed by atoms with E-state index in [-0.39, 0.29) is 12.0 Å². The molecule has 0 aromatic carbocycles.